The van der Waals surface area contributed by atoms with E-state index in [0.29, 0.717) is 17.7 Å². The van der Waals surface area contributed by atoms with Crippen molar-refractivity contribution in [2.45, 2.75) is 44.9 Å². The van der Waals surface area contributed by atoms with Gasteiger partial charge >= 0.3 is 6.18 Å². The number of ether oxygens (including phenoxy) is 1. The van der Waals surface area contributed by atoms with Crippen molar-refractivity contribution < 1.29 is 35.5 Å². The molecule has 1 aliphatic heterocycles. The van der Waals surface area contributed by atoms with Crippen molar-refractivity contribution in [1.29, 1.82) is 0 Å². The normalized spacial score (nSPS) is 17.8. The highest BCUT2D eigenvalue weighted by molar-refractivity contribution is 5.93. The second kappa shape index (κ2) is 10.5. The molecule has 4 aromatic carbocycles. The van der Waals surface area contributed by atoms with E-state index in [4.69, 9.17) is 4.74 Å². The zero-order chi connectivity index (χ0) is 27.9. The summed E-state index contributed by atoms with van der Waals surface area (Å²) in [7, 11) is 0. The molecule has 4 aromatic rings. The Morgan fingerprint density at radius 1 is 0.846 bits per heavy atom. The molecule has 8 heteroatoms. The van der Waals surface area contributed by atoms with Crippen LogP contribution in [0.1, 0.15) is 37.3 Å². The van der Waals surface area contributed by atoms with Crippen molar-refractivity contribution >= 4 is 21.5 Å². The van der Waals surface area contributed by atoms with Crippen molar-refractivity contribution in [1.82, 2.24) is 0 Å². The van der Waals surface area contributed by atoms with Gasteiger partial charge in [-0.2, -0.15) is 13.2 Å². The first-order chi connectivity index (χ1) is 18.5. The van der Waals surface area contributed by atoms with E-state index in [1.807, 2.05) is 0 Å². The van der Waals surface area contributed by atoms with Gasteiger partial charge in [0.05, 0.1) is 17.2 Å². The monoisotopic (exact) mass is 544 g/mol. The van der Waals surface area contributed by atoms with E-state index in [1.54, 1.807) is 18.2 Å². The lowest BCUT2D eigenvalue weighted by atomic mass is 9.94. The standard InChI is InChI=1S/C31H23F7O/c1-17-2-6-22(39-16-17)7-3-18-4-8-24-20(12-18)15-27(33)28(30(24)35)19-5-9-23-21(13-19)14-26(32)25(29(23)34)10-11-31(36,37)38/h4-5,8-9,12-15,17,22H,2-3,6-7,16H2,1H3. The predicted octanol–water partition coefficient (Wildman–Crippen LogP) is 8.88. The number of alkyl halides is 3. The summed E-state index contributed by atoms with van der Waals surface area (Å²) >= 11 is 0. The molecule has 202 valence electrons. The topological polar surface area (TPSA) is 9.23 Å². The van der Waals surface area contributed by atoms with Gasteiger partial charge < -0.3 is 4.74 Å². The fourth-order valence-corrected chi connectivity index (χ4v) is 5.03. The smallest absolute Gasteiger partial charge is 0.378 e. The van der Waals surface area contributed by atoms with Crippen LogP contribution in [0.25, 0.3) is 32.7 Å². The van der Waals surface area contributed by atoms with Crippen LogP contribution in [0.3, 0.4) is 0 Å². The Labute approximate surface area is 220 Å². The zero-order valence-corrected chi connectivity index (χ0v) is 20.9. The molecule has 0 saturated carbocycles. The van der Waals surface area contributed by atoms with Gasteiger partial charge in [0.25, 0.3) is 0 Å². The molecule has 0 radical (unpaired) electrons. The number of fused-ring (bicyclic) bond motifs is 2. The molecule has 1 nitrogen and oxygen atoms in total. The molecule has 0 N–H and O–H groups in total. The third kappa shape index (κ3) is 5.74. The van der Waals surface area contributed by atoms with E-state index in [0.717, 1.165) is 49.5 Å². The molecule has 1 aliphatic rings. The lowest BCUT2D eigenvalue weighted by Gasteiger charge is -2.26. The molecule has 1 saturated heterocycles. The van der Waals surface area contributed by atoms with Crippen LogP contribution in [0.15, 0.2) is 48.5 Å². The molecule has 1 fully saturated rings. The number of hydrogen-bond donors (Lipinski definition) is 0. The molecule has 0 spiro atoms. The van der Waals surface area contributed by atoms with Crippen molar-refractivity contribution in [2.75, 3.05) is 6.61 Å². The second-order valence-corrected chi connectivity index (χ2v) is 10.0. The maximum absolute atomic E-state index is 15.6. The number of hydrogen-bond acceptors (Lipinski definition) is 1. The summed E-state index contributed by atoms with van der Waals surface area (Å²) in [6.45, 7) is 2.89. The Hall–Kier alpha value is -3.57. The summed E-state index contributed by atoms with van der Waals surface area (Å²) in [6.07, 6.45) is -1.13. The molecule has 0 aliphatic carbocycles. The third-order valence-corrected chi connectivity index (χ3v) is 7.09. The van der Waals surface area contributed by atoms with Crippen LogP contribution < -0.4 is 0 Å². The van der Waals surface area contributed by atoms with Gasteiger partial charge in [-0.15, -0.1) is 0 Å². The SMILES string of the molecule is CC1CCC(CCc2ccc3c(F)c(-c4ccc5c(F)c(C#CC(F)(F)F)c(F)cc5c4)c(F)cc3c2)OC1. The van der Waals surface area contributed by atoms with Gasteiger partial charge in [-0.05, 0) is 71.7 Å². The molecule has 0 bridgehead atoms. The van der Waals surface area contributed by atoms with E-state index in [-0.39, 0.29) is 33.4 Å². The highest BCUT2D eigenvalue weighted by atomic mass is 19.4. The maximum Gasteiger partial charge on any atom is 0.458 e. The van der Waals surface area contributed by atoms with Crippen LogP contribution in [0, 0.1) is 41.0 Å². The summed E-state index contributed by atoms with van der Waals surface area (Å²) < 4.78 is 103. The minimum atomic E-state index is -4.92. The van der Waals surface area contributed by atoms with Gasteiger partial charge in [-0.1, -0.05) is 43.2 Å². The van der Waals surface area contributed by atoms with Crippen LogP contribution in [-0.2, 0) is 11.2 Å². The van der Waals surface area contributed by atoms with Gasteiger partial charge in [-0.3, -0.25) is 0 Å². The predicted molar refractivity (Wildman–Crippen MR) is 136 cm³/mol. The molecule has 1 heterocycles. The van der Waals surface area contributed by atoms with E-state index in [2.05, 4.69) is 6.92 Å². The lowest BCUT2D eigenvalue weighted by molar-refractivity contribution is -0.0696. The minimum Gasteiger partial charge on any atom is -0.378 e. The first-order valence-electron chi connectivity index (χ1n) is 12.5. The Morgan fingerprint density at radius 3 is 2.26 bits per heavy atom. The van der Waals surface area contributed by atoms with Crippen molar-refractivity contribution in [2.24, 2.45) is 5.92 Å². The largest absolute Gasteiger partial charge is 0.458 e. The number of benzene rings is 4. The van der Waals surface area contributed by atoms with Gasteiger partial charge in [-0.25, -0.2) is 17.6 Å². The van der Waals surface area contributed by atoms with Crippen molar-refractivity contribution in [3.8, 4) is 23.0 Å². The van der Waals surface area contributed by atoms with Gasteiger partial charge in [0.15, 0.2) is 0 Å². The van der Waals surface area contributed by atoms with Crippen LogP contribution in [-0.4, -0.2) is 18.9 Å². The number of halogens is 7. The van der Waals surface area contributed by atoms with E-state index >= 15 is 8.78 Å². The van der Waals surface area contributed by atoms with Crippen LogP contribution >= 0.6 is 0 Å². The molecule has 2 atom stereocenters. The number of aryl methyl sites for hydroxylation is 1. The zero-order valence-electron chi connectivity index (χ0n) is 20.9. The Balaban J connectivity index is 1.47. The summed E-state index contributed by atoms with van der Waals surface area (Å²) in [6, 6.07) is 10.7. The Morgan fingerprint density at radius 2 is 1.54 bits per heavy atom. The fourth-order valence-electron chi connectivity index (χ4n) is 5.03. The number of rotatable bonds is 4. The van der Waals surface area contributed by atoms with E-state index in [1.165, 1.54) is 24.1 Å². The molecule has 0 aromatic heterocycles. The molecular weight excluding hydrogens is 521 g/mol. The molecule has 5 rings (SSSR count). The lowest BCUT2D eigenvalue weighted by Crippen LogP contribution is -2.24. The third-order valence-electron chi connectivity index (χ3n) is 7.09. The van der Waals surface area contributed by atoms with Crippen molar-refractivity contribution in [3.05, 3.63) is 82.9 Å². The summed E-state index contributed by atoms with van der Waals surface area (Å²) in [5.74, 6) is -1.39. The highest BCUT2D eigenvalue weighted by Gasteiger charge is 2.24. The molecule has 39 heavy (non-hydrogen) atoms. The van der Waals surface area contributed by atoms with Crippen molar-refractivity contribution in [3.63, 3.8) is 0 Å². The van der Waals surface area contributed by atoms with Gasteiger partial charge in [0.2, 0.25) is 0 Å². The summed E-state index contributed by atoms with van der Waals surface area (Å²) in [4.78, 5) is 0. The maximum atomic E-state index is 15.6. The quantitative estimate of drug-likeness (QED) is 0.184. The van der Waals surface area contributed by atoms with Crippen LogP contribution in [0.2, 0.25) is 0 Å². The second-order valence-electron chi connectivity index (χ2n) is 10.0. The molecule has 0 amide bonds. The minimum absolute atomic E-state index is 0.0278. The Kier molecular flexibility index (Phi) is 7.30. The average Bonchev–Trinajstić information content (AvgIpc) is 2.87. The first kappa shape index (κ1) is 27.0. The first-order valence-corrected chi connectivity index (χ1v) is 12.5. The van der Waals surface area contributed by atoms with E-state index < -0.39 is 35.0 Å². The van der Waals surface area contributed by atoms with Gasteiger partial charge in [0, 0.05) is 23.3 Å². The van der Waals surface area contributed by atoms with Crippen LogP contribution in [0.4, 0.5) is 30.7 Å². The van der Waals surface area contributed by atoms with E-state index in [9.17, 15) is 22.0 Å². The molecular formula is C31H23F7O. The Bertz CT molecular complexity index is 1620. The fraction of sp³-hybridized carbons (Fsp3) is 0.290. The average molecular weight is 545 g/mol. The summed E-state index contributed by atoms with van der Waals surface area (Å²) in [5, 5.41) is 0.270. The highest BCUT2D eigenvalue weighted by Crippen LogP contribution is 2.35. The molecule has 2 unspecified atom stereocenters. The van der Waals surface area contributed by atoms with Crippen LogP contribution in [0.5, 0.6) is 0 Å². The van der Waals surface area contributed by atoms with Gasteiger partial charge in [0.1, 0.15) is 23.3 Å². The summed E-state index contributed by atoms with van der Waals surface area (Å²) in [5.41, 5.74) is -0.447.